The number of aliphatic hydroxyl groups is 1. The second-order valence-electron chi connectivity index (χ2n) is 7.11. The molecule has 0 spiro atoms. The van der Waals surface area contributed by atoms with Gasteiger partial charge >= 0.3 is 0 Å². The SMILES string of the molecule is COc1ccc(N2C(=O)C(=O)/C(=C(\O)c3ccc(Br)c(C)c3)C2c2ccncc2)cc1. The molecule has 1 fully saturated rings. The van der Waals surface area contributed by atoms with Crippen molar-refractivity contribution in [2.24, 2.45) is 0 Å². The summed E-state index contributed by atoms with van der Waals surface area (Å²) in [4.78, 5) is 31.6. The van der Waals surface area contributed by atoms with Crippen molar-refractivity contribution < 1.29 is 19.4 Å². The number of Topliss-reactive ketones (excluding diaryl/α,β-unsaturated/α-hetero) is 1. The van der Waals surface area contributed by atoms with E-state index in [1.807, 2.05) is 6.92 Å². The molecule has 31 heavy (non-hydrogen) atoms. The molecule has 1 unspecified atom stereocenters. The maximum Gasteiger partial charge on any atom is 0.300 e. The summed E-state index contributed by atoms with van der Waals surface area (Å²) < 4.78 is 6.08. The maximum atomic E-state index is 13.1. The van der Waals surface area contributed by atoms with Crippen LogP contribution in [0.1, 0.15) is 22.7 Å². The molecule has 0 aliphatic carbocycles. The van der Waals surface area contributed by atoms with Gasteiger partial charge in [-0.2, -0.15) is 0 Å². The van der Waals surface area contributed by atoms with Gasteiger partial charge in [-0.25, -0.2) is 0 Å². The molecule has 7 heteroatoms. The first-order chi connectivity index (χ1) is 14.9. The average Bonchev–Trinajstić information content (AvgIpc) is 3.06. The first kappa shape index (κ1) is 20.8. The minimum Gasteiger partial charge on any atom is -0.507 e. The number of amides is 1. The molecule has 3 aromatic rings. The number of hydrogen-bond acceptors (Lipinski definition) is 5. The second-order valence-corrected chi connectivity index (χ2v) is 7.97. The van der Waals surface area contributed by atoms with Crippen molar-refractivity contribution in [3.63, 3.8) is 0 Å². The van der Waals surface area contributed by atoms with Crippen molar-refractivity contribution in [2.75, 3.05) is 12.0 Å². The van der Waals surface area contributed by atoms with Gasteiger partial charge in [-0.3, -0.25) is 19.5 Å². The van der Waals surface area contributed by atoms with Gasteiger partial charge in [0, 0.05) is 28.1 Å². The van der Waals surface area contributed by atoms with Crippen LogP contribution >= 0.6 is 15.9 Å². The van der Waals surface area contributed by atoms with Crippen molar-refractivity contribution in [2.45, 2.75) is 13.0 Å². The lowest BCUT2D eigenvalue weighted by atomic mass is 9.95. The Bertz CT molecular complexity index is 1190. The van der Waals surface area contributed by atoms with Crippen molar-refractivity contribution in [1.29, 1.82) is 0 Å². The van der Waals surface area contributed by atoms with Crippen molar-refractivity contribution >= 4 is 39.1 Å². The van der Waals surface area contributed by atoms with E-state index in [9.17, 15) is 14.7 Å². The maximum absolute atomic E-state index is 13.1. The summed E-state index contributed by atoms with van der Waals surface area (Å²) in [6.07, 6.45) is 3.18. The highest BCUT2D eigenvalue weighted by molar-refractivity contribution is 9.10. The molecule has 1 aliphatic heterocycles. The highest BCUT2D eigenvalue weighted by Gasteiger charge is 2.47. The van der Waals surface area contributed by atoms with E-state index < -0.39 is 17.7 Å². The molecule has 1 saturated heterocycles. The van der Waals surface area contributed by atoms with Crippen LogP contribution in [-0.4, -0.2) is 28.9 Å². The molecule has 1 amide bonds. The van der Waals surface area contributed by atoms with Crippen LogP contribution in [0.3, 0.4) is 0 Å². The fourth-order valence-corrected chi connectivity index (χ4v) is 3.90. The number of anilines is 1. The van der Waals surface area contributed by atoms with E-state index in [0.29, 0.717) is 22.6 Å². The minimum absolute atomic E-state index is 0.0359. The van der Waals surface area contributed by atoms with Gasteiger partial charge in [0.1, 0.15) is 11.5 Å². The Morgan fingerprint density at radius 3 is 2.35 bits per heavy atom. The number of halogens is 1. The molecule has 2 heterocycles. The fraction of sp³-hybridized carbons (Fsp3) is 0.125. The molecular weight excluding hydrogens is 460 g/mol. The summed E-state index contributed by atoms with van der Waals surface area (Å²) in [5, 5.41) is 11.1. The molecule has 0 saturated carbocycles. The summed E-state index contributed by atoms with van der Waals surface area (Å²) in [7, 11) is 1.55. The topological polar surface area (TPSA) is 79.7 Å². The van der Waals surface area contributed by atoms with Crippen LogP contribution in [0.4, 0.5) is 5.69 Å². The predicted octanol–water partition coefficient (Wildman–Crippen LogP) is 4.79. The number of pyridine rings is 1. The van der Waals surface area contributed by atoms with E-state index >= 15 is 0 Å². The van der Waals surface area contributed by atoms with Gasteiger partial charge < -0.3 is 9.84 Å². The standard InChI is InChI=1S/C24H19BrN2O4/c1-14-13-16(3-8-19(14)25)22(28)20-21(15-9-11-26-12-10-15)27(24(30)23(20)29)17-4-6-18(31-2)7-5-17/h3-13,21,28H,1-2H3/b22-20-. The normalized spacial score (nSPS) is 17.8. The Kier molecular flexibility index (Phi) is 5.61. The Balaban J connectivity index is 1.92. The lowest BCUT2D eigenvalue weighted by Crippen LogP contribution is -2.29. The zero-order valence-corrected chi connectivity index (χ0v) is 18.5. The smallest absolute Gasteiger partial charge is 0.300 e. The molecule has 4 rings (SSSR count). The molecule has 6 nitrogen and oxygen atoms in total. The molecule has 1 N–H and O–H groups in total. The number of hydrogen-bond donors (Lipinski definition) is 1. The van der Waals surface area contributed by atoms with E-state index in [-0.39, 0.29) is 11.3 Å². The predicted molar refractivity (Wildman–Crippen MR) is 121 cm³/mol. The number of benzene rings is 2. The number of aliphatic hydroxyl groups excluding tert-OH is 1. The van der Waals surface area contributed by atoms with Gasteiger partial charge in [-0.1, -0.05) is 22.0 Å². The van der Waals surface area contributed by atoms with Crippen molar-refractivity contribution in [3.05, 3.63) is 93.7 Å². The summed E-state index contributed by atoms with van der Waals surface area (Å²) in [5.74, 6) is -1.03. The number of ether oxygens (including phenoxy) is 1. The van der Waals surface area contributed by atoms with E-state index in [4.69, 9.17) is 4.74 Å². The van der Waals surface area contributed by atoms with Crippen LogP contribution in [0.2, 0.25) is 0 Å². The minimum atomic E-state index is -0.791. The molecular formula is C24H19BrN2O4. The Hall–Kier alpha value is -3.45. The first-order valence-corrected chi connectivity index (χ1v) is 10.3. The molecule has 156 valence electrons. The van der Waals surface area contributed by atoms with Crippen LogP contribution in [-0.2, 0) is 9.59 Å². The number of ketones is 1. The van der Waals surface area contributed by atoms with Crippen molar-refractivity contribution in [1.82, 2.24) is 4.98 Å². The van der Waals surface area contributed by atoms with Gasteiger partial charge in [0.2, 0.25) is 0 Å². The third-order valence-electron chi connectivity index (χ3n) is 5.25. The molecule has 0 radical (unpaired) electrons. The number of methoxy groups -OCH3 is 1. The number of carbonyl (C=O) groups is 2. The summed E-state index contributed by atoms with van der Waals surface area (Å²) in [5.41, 5.74) is 2.59. The highest BCUT2D eigenvalue weighted by Crippen LogP contribution is 2.42. The quantitative estimate of drug-likeness (QED) is 0.331. The van der Waals surface area contributed by atoms with E-state index in [1.165, 1.54) is 4.90 Å². The van der Waals surface area contributed by atoms with Gasteiger partial charge in [-0.15, -0.1) is 0 Å². The van der Waals surface area contributed by atoms with Crippen molar-refractivity contribution in [3.8, 4) is 5.75 Å². The Morgan fingerprint density at radius 2 is 1.74 bits per heavy atom. The second kappa shape index (κ2) is 8.35. The van der Waals surface area contributed by atoms with Gasteiger partial charge in [0.05, 0.1) is 18.7 Å². The average molecular weight is 479 g/mol. The van der Waals surface area contributed by atoms with Gasteiger partial charge in [0.25, 0.3) is 11.7 Å². The van der Waals surface area contributed by atoms with Gasteiger partial charge in [0.15, 0.2) is 0 Å². The van der Waals surface area contributed by atoms with E-state index in [0.717, 1.165) is 10.0 Å². The van der Waals surface area contributed by atoms with Gasteiger partial charge in [-0.05, 0) is 66.6 Å². The lowest BCUT2D eigenvalue weighted by Gasteiger charge is -2.25. The molecule has 2 aromatic carbocycles. The number of aryl methyl sites for hydroxylation is 1. The van der Waals surface area contributed by atoms with Crippen LogP contribution in [0.5, 0.6) is 5.75 Å². The zero-order chi connectivity index (χ0) is 22.1. The summed E-state index contributed by atoms with van der Waals surface area (Å²) >= 11 is 3.44. The first-order valence-electron chi connectivity index (χ1n) is 9.54. The zero-order valence-electron chi connectivity index (χ0n) is 16.9. The van der Waals surface area contributed by atoms with Crippen LogP contribution in [0.15, 0.2) is 77.0 Å². The van der Waals surface area contributed by atoms with E-state index in [2.05, 4.69) is 20.9 Å². The summed E-state index contributed by atoms with van der Waals surface area (Å²) in [6, 6.07) is 14.8. The number of rotatable bonds is 4. The molecule has 1 aliphatic rings. The monoisotopic (exact) mass is 478 g/mol. The van der Waals surface area contributed by atoms with Crippen LogP contribution < -0.4 is 9.64 Å². The number of carbonyl (C=O) groups excluding carboxylic acids is 2. The van der Waals surface area contributed by atoms with E-state index in [1.54, 1.807) is 74.1 Å². The largest absolute Gasteiger partial charge is 0.507 e. The third kappa shape index (κ3) is 3.72. The van der Waals surface area contributed by atoms with Crippen LogP contribution in [0.25, 0.3) is 5.76 Å². The fourth-order valence-electron chi connectivity index (χ4n) is 3.65. The summed E-state index contributed by atoms with van der Waals surface area (Å²) in [6.45, 7) is 1.89. The highest BCUT2D eigenvalue weighted by atomic mass is 79.9. The number of nitrogens with zero attached hydrogens (tertiary/aromatic N) is 2. The number of aromatic nitrogens is 1. The molecule has 1 atom stereocenters. The van der Waals surface area contributed by atoms with Crippen LogP contribution in [0, 0.1) is 6.92 Å². The lowest BCUT2D eigenvalue weighted by molar-refractivity contribution is -0.132. The third-order valence-corrected chi connectivity index (χ3v) is 6.14. The Morgan fingerprint density at radius 1 is 1.06 bits per heavy atom. The molecule has 0 bridgehead atoms. The molecule has 1 aromatic heterocycles. The Labute approximate surface area is 187 Å².